The van der Waals surface area contributed by atoms with Crippen molar-refractivity contribution in [1.29, 1.82) is 0 Å². The lowest BCUT2D eigenvalue weighted by atomic mass is 9.97. The van der Waals surface area contributed by atoms with Gasteiger partial charge in [-0.15, -0.1) is 11.3 Å². The van der Waals surface area contributed by atoms with Crippen molar-refractivity contribution in [2.75, 3.05) is 6.54 Å². The molecule has 0 spiro atoms. The summed E-state index contributed by atoms with van der Waals surface area (Å²) >= 11 is 1.88. The van der Waals surface area contributed by atoms with E-state index in [1.807, 2.05) is 11.3 Å². The highest BCUT2D eigenvalue weighted by molar-refractivity contribution is 7.15. The van der Waals surface area contributed by atoms with Gasteiger partial charge in [0.25, 0.3) is 0 Å². The maximum atomic E-state index is 4.92. The van der Waals surface area contributed by atoms with Gasteiger partial charge in [-0.1, -0.05) is 30.7 Å². The number of hydrogen-bond donors (Lipinski definition) is 1. The molecule has 1 aromatic carbocycles. The minimum atomic E-state index is 0.462. The van der Waals surface area contributed by atoms with Gasteiger partial charge in [-0.25, -0.2) is 4.98 Å². The van der Waals surface area contributed by atoms with E-state index in [0.29, 0.717) is 6.04 Å². The third kappa shape index (κ3) is 2.58. The number of nitrogens with one attached hydrogen (secondary N) is 1. The van der Waals surface area contributed by atoms with Crippen molar-refractivity contribution in [1.82, 2.24) is 10.3 Å². The zero-order valence-corrected chi connectivity index (χ0v) is 12.4. The second-order valence-corrected chi connectivity index (χ2v) is 6.28. The maximum Gasteiger partial charge on any atom is 0.123 e. The zero-order valence-electron chi connectivity index (χ0n) is 11.6. The molecule has 0 saturated heterocycles. The molecule has 0 radical (unpaired) electrons. The average Bonchev–Trinajstić information content (AvgIpc) is 2.84. The molecular weight excluding hydrogens is 252 g/mol. The molecule has 1 unspecified atom stereocenters. The highest BCUT2D eigenvalue weighted by atomic mass is 32.1. The number of rotatable bonds is 3. The lowest BCUT2D eigenvalue weighted by molar-refractivity contribution is 0.465. The number of nitrogens with zero attached hydrogens (tertiary/aromatic N) is 1. The van der Waals surface area contributed by atoms with Crippen LogP contribution >= 0.6 is 11.3 Å². The van der Waals surface area contributed by atoms with Gasteiger partial charge >= 0.3 is 0 Å². The largest absolute Gasteiger partial charge is 0.309 e. The van der Waals surface area contributed by atoms with E-state index in [0.717, 1.165) is 6.54 Å². The van der Waals surface area contributed by atoms with Crippen LogP contribution < -0.4 is 5.32 Å². The van der Waals surface area contributed by atoms with Crippen LogP contribution in [0.5, 0.6) is 0 Å². The summed E-state index contributed by atoms with van der Waals surface area (Å²) in [5.41, 5.74) is 3.86. The van der Waals surface area contributed by atoms with Crippen molar-refractivity contribution in [2.45, 2.75) is 39.2 Å². The van der Waals surface area contributed by atoms with Crippen molar-refractivity contribution in [3.8, 4) is 10.6 Å². The molecule has 0 saturated carbocycles. The minimum Gasteiger partial charge on any atom is -0.309 e. The fourth-order valence-corrected chi connectivity index (χ4v) is 3.93. The molecule has 1 atom stereocenters. The van der Waals surface area contributed by atoms with E-state index in [1.54, 1.807) is 0 Å². The molecule has 100 valence electrons. The number of hydrogen-bond acceptors (Lipinski definition) is 3. The smallest absolute Gasteiger partial charge is 0.123 e. The Hall–Kier alpha value is -1.19. The molecule has 19 heavy (non-hydrogen) atoms. The van der Waals surface area contributed by atoms with Gasteiger partial charge in [0.1, 0.15) is 5.01 Å². The molecule has 1 aliphatic carbocycles. The fourth-order valence-electron chi connectivity index (χ4n) is 2.77. The molecular formula is C16H20N2S. The molecule has 0 aliphatic heterocycles. The SMILES string of the molecule is CCNC1CCCc2sc(-c3cccc(C)c3)nc21. The minimum absolute atomic E-state index is 0.462. The van der Waals surface area contributed by atoms with Crippen LogP contribution in [0.25, 0.3) is 10.6 Å². The van der Waals surface area contributed by atoms with Crippen LogP contribution in [0, 0.1) is 6.92 Å². The zero-order chi connectivity index (χ0) is 13.2. The van der Waals surface area contributed by atoms with Crippen molar-refractivity contribution < 1.29 is 0 Å². The summed E-state index contributed by atoms with van der Waals surface area (Å²) in [5.74, 6) is 0. The Balaban J connectivity index is 1.97. The Morgan fingerprint density at radius 3 is 3.11 bits per heavy atom. The summed E-state index contributed by atoms with van der Waals surface area (Å²) in [6, 6.07) is 9.11. The third-order valence-electron chi connectivity index (χ3n) is 3.67. The monoisotopic (exact) mass is 272 g/mol. The molecule has 2 aromatic rings. The topological polar surface area (TPSA) is 24.9 Å². The molecule has 2 nitrogen and oxygen atoms in total. The molecule has 0 fully saturated rings. The lowest BCUT2D eigenvalue weighted by Crippen LogP contribution is -2.24. The molecule has 3 rings (SSSR count). The summed E-state index contributed by atoms with van der Waals surface area (Å²) in [7, 11) is 0. The van der Waals surface area contributed by atoms with Crippen LogP contribution in [0.4, 0.5) is 0 Å². The summed E-state index contributed by atoms with van der Waals surface area (Å²) in [5, 5.41) is 4.74. The van der Waals surface area contributed by atoms with E-state index in [2.05, 4.69) is 43.4 Å². The van der Waals surface area contributed by atoms with Gasteiger partial charge in [0.05, 0.1) is 11.7 Å². The molecule has 1 aliphatic rings. The average molecular weight is 272 g/mol. The van der Waals surface area contributed by atoms with Gasteiger partial charge in [-0.3, -0.25) is 0 Å². The summed E-state index contributed by atoms with van der Waals surface area (Å²) < 4.78 is 0. The standard InChI is InChI=1S/C16H20N2S/c1-3-17-13-8-5-9-14-15(13)18-16(19-14)12-7-4-6-11(2)10-12/h4,6-7,10,13,17H,3,5,8-9H2,1-2H3. The fraction of sp³-hybridized carbons (Fsp3) is 0.438. The van der Waals surface area contributed by atoms with Crippen molar-refractivity contribution in [3.63, 3.8) is 0 Å². The molecule has 3 heteroatoms. The van der Waals surface area contributed by atoms with Crippen LogP contribution in [0.2, 0.25) is 0 Å². The van der Waals surface area contributed by atoms with Gasteiger partial charge in [0, 0.05) is 10.4 Å². The van der Waals surface area contributed by atoms with E-state index in [-0.39, 0.29) is 0 Å². The van der Waals surface area contributed by atoms with Crippen LogP contribution in [0.15, 0.2) is 24.3 Å². The Bertz CT molecular complexity index is 574. The van der Waals surface area contributed by atoms with Crippen LogP contribution in [0.3, 0.4) is 0 Å². The quantitative estimate of drug-likeness (QED) is 0.909. The third-order valence-corrected chi connectivity index (χ3v) is 4.85. The first-order valence-corrected chi connectivity index (χ1v) is 7.89. The van der Waals surface area contributed by atoms with Crippen LogP contribution in [0.1, 0.15) is 41.9 Å². The predicted octanol–water partition coefficient (Wildman–Crippen LogP) is 4.11. The van der Waals surface area contributed by atoms with Crippen LogP contribution in [-0.4, -0.2) is 11.5 Å². The summed E-state index contributed by atoms with van der Waals surface area (Å²) in [4.78, 5) is 6.40. The number of aryl methyl sites for hydroxylation is 2. The number of aromatic nitrogens is 1. The first-order valence-electron chi connectivity index (χ1n) is 7.08. The van der Waals surface area contributed by atoms with E-state index in [4.69, 9.17) is 4.98 Å². The number of fused-ring (bicyclic) bond motifs is 1. The second-order valence-electron chi connectivity index (χ2n) is 5.20. The highest BCUT2D eigenvalue weighted by Crippen LogP contribution is 2.37. The molecule has 1 N–H and O–H groups in total. The van der Waals surface area contributed by atoms with Crippen molar-refractivity contribution in [2.24, 2.45) is 0 Å². The first kappa shape index (κ1) is 12.8. The Kier molecular flexibility index (Phi) is 3.67. The number of benzene rings is 1. The first-order chi connectivity index (χ1) is 9.28. The number of thiazole rings is 1. The lowest BCUT2D eigenvalue weighted by Gasteiger charge is -2.21. The molecule has 0 bridgehead atoms. The Morgan fingerprint density at radius 2 is 2.32 bits per heavy atom. The van der Waals surface area contributed by atoms with E-state index < -0.39 is 0 Å². The second kappa shape index (κ2) is 5.43. The Labute approximate surface area is 118 Å². The summed E-state index contributed by atoms with van der Waals surface area (Å²) in [6.45, 7) is 5.32. The maximum absolute atomic E-state index is 4.92. The normalized spacial score (nSPS) is 18.3. The molecule has 0 amide bonds. The van der Waals surface area contributed by atoms with E-state index in [1.165, 1.54) is 46.0 Å². The summed E-state index contributed by atoms with van der Waals surface area (Å²) in [6.07, 6.45) is 3.69. The van der Waals surface area contributed by atoms with Gasteiger partial charge in [-0.2, -0.15) is 0 Å². The Morgan fingerprint density at radius 1 is 1.42 bits per heavy atom. The van der Waals surface area contributed by atoms with Gasteiger partial charge < -0.3 is 5.32 Å². The van der Waals surface area contributed by atoms with Crippen LogP contribution in [-0.2, 0) is 6.42 Å². The molecule has 1 heterocycles. The predicted molar refractivity (Wildman–Crippen MR) is 81.6 cm³/mol. The van der Waals surface area contributed by atoms with Crippen molar-refractivity contribution in [3.05, 3.63) is 40.4 Å². The van der Waals surface area contributed by atoms with Crippen molar-refractivity contribution >= 4 is 11.3 Å². The van der Waals surface area contributed by atoms with E-state index >= 15 is 0 Å². The highest BCUT2D eigenvalue weighted by Gasteiger charge is 2.24. The van der Waals surface area contributed by atoms with E-state index in [9.17, 15) is 0 Å². The van der Waals surface area contributed by atoms with Gasteiger partial charge in [0.15, 0.2) is 0 Å². The van der Waals surface area contributed by atoms with Gasteiger partial charge in [-0.05, 0) is 38.8 Å². The van der Waals surface area contributed by atoms with Gasteiger partial charge in [0.2, 0.25) is 0 Å². The molecule has 1 aromatic heterocycles.